The summed E-state index contributed by atoms with van der Waals surface area (Å²) < 4.78 is 5.61. The molecule has 0 aliphatic heterocycles. The summed E-state index contributed by atoms with van der Waals surface area (Å²) in [6.07, 6.45) is 1.62. The van der Waals surface area contributed by atoms with Crippen LogP contribution in [0.15, 0.2) is 53.6 Å². The molecule has 7 heteroatoms. The van der Waals surface area contributed by atoms with Crippen molar-refractivity contribution in [3.05, 3.63) is 59.1 Å². The van der Waals surface area contributed by atoms with E-state index in [2.05, 4.69) is 29.7 Å². The van der Waals surface area contributed by atoms with E-state index in [4.69, 9.17) is 16.3 Å². The predicted octanol–water partition coefficient (Wildman–Crippen LogP) is 4.24. The number of carbonyl (C=O) groups excluding carboxylic acids is 2. The standard InChI is InChI=1S/C21H24ClN3O3/c1-15(2)14-28-19-8-6-16(7-9-19)13-23-25-21(27)11-10-20(26)24-18-5-3-4-17(22)12-18/h3-9,12-13,15H,10-11,14H2,1-2H3,(H,24,26)(H,25,27). The highest BCUT2D eigenvalue weighted by Crippen LogP contribution is 2.15. The number of amides is 2. The number of halogens is 1. The summed E-state index contributed by atoms with van der Waals surface area (Å²) >= 11 is 5.86. The Bertz CT molecular complexity index is 820. The van der Waals surface area contributed by atoms with Crippen LogP contribution in [0.3, 0.4) is 0 Å². The van der Waals surface area contributed by atoms with E-state index in [0.717, 1.165) is 11.3 Å². The molecule has 0 atom stereocenters. The fourth-order valence-corrected chi connectivity index (χ4v) is 2.35. The lowest BCUT2D eigenvalue weighted by Crippen LogP contribution is -2.20. The summed E-state index contributed by atoms with van der Waals surface area (Å²) in [6, 6.07) is 14.2. The van der Waals surface area contributed by atoms with E-state index in [1.807, 2.05) is 24.3 Å². The van der Waals surface area contributed by atoms with Gasteiger partial charge in [0.15, 0.2) is 0 Å². The number of ether oxygens (including phenoxy) is 1. The number of hydrogen-bond acceptors (Lipinski definition) is 4. The van der Waals surface area contributed by atoms with Gasteiger partial charge in [0.2, 0.25) is 11.8 Å². The first-order chi connectivity index (χ1) is 13.4. The molecule has 0 radical (unpaired) electrons. The monoisotopic (exact) mass is 401 g/mol. The van der Waals surface area contributed by atoms with Crippen LogP contribution in [0, 0.1) is 5.92 Å². The van der Waals surface area contributed by atoms with Crippen molar-refractivity contribution in [2.45, 2.75) is 26.7 Å². The molecule has 0 spiro atoms. The fourth-order valence-electron chi connectivity index (χ4n) is 2.16. The van der Waals surface area contributed by atoms with Crippen molar-refractivity contribution in [1.29, 1.82) is 0 Å². The van der Waals surface area contributed by atoms with Crippen molar-refractivity contribution in [2.75, 3.05) is 11.9 Å². The molecule has 0 fully saturated rings. The minimum Gasteiger partial charge on any atom is -0.493 e. The van der Waals surface area contributed by atoms with Crippen LogP contribution in [0.2, 0.25) is 5.02 Å². The first-order valence-electron chi connectivity index (χ1n) is 9.02. The number of benzene rings is 2. The molecule has 2 rings (SSSR count). The van der Waals surface area contributed by atoms with Crippen LogP contribution in [0.25, 0.3) is 0 Å². The van der Waals surface area contributed by atoms with Gasteiger partial charge < -0.3 is 10.1 Å². The Morgan fingerprint density at radius 3 is 2.50 bits per heavy atom. The van der Waals surface area contributed by atoms with E-state index in [-0.39, 0.29) is 24.7 Å². The van der Waals surface area contributed by atoms with Gasteiger partial charge in [0, 0.05) is 23.6 Å². The quantitative estimate of drug-likeness (QED) is 0.487. The number of anilines is 1. The zero-order chi connectivity index (χ0) is 20.4. The SMILES string of the molecule is CC(C)COc1ccc(C=NNC(=O)CCC(=O)Nc2cccc(Cl)c2)cc1. The second-order valence-electron chi connectivity index (χ2n) is 6.63. The number of hydrogen-bond donors (Lipinski definition) is 2. The van der Waals surface area contributed by atoms with Crippen LogP contribution < -0.4 is 15.5 Å². The largest absolute Gasteiger partial charge is 0.493 e. The van der Waals surface area contributed by atoms with Crippen LogP contribution in [0.1, 0.15) is 32.3 Å². The minimum atomic E-state index is -0.339. The summed E-state index contributed by atoms with van der Waals surface area (Å²) in [4.78, 5) is 23.7. The highest BCUT2D eigenvalue weighted by atomic mass is 35.5. The maximum atomic E-state index is 11.9. The Kier molecular flexibility index (Phi) is 8.49. The Morgan fingerprint density at radius 1 is 1.11 bits per heavy atom. The highest BCUT2D eigenvalue weighted by Gasteiger charge is 2.07. The molecule has 0 aliphatic carbocycles. The van der Waals surface area contributed by atoms with E-state index in [0.29, 0.717) is 23.2 Å². The Labute approximate surface area is 169 Å². The van der Waals surface area contributed by atoms with Crippen LogP contribution in [0.5, 0.6) is 5.75 Å². The molecule has 0 saturated heterocycles. The average molecular weight is 402 g/mol. The zero-order valence-corrected chi connectivity index (χ0v) is 16.7. The number of rotatable bonds is 9. The summed E-state index contributed by atoms with van der Waals surface area (Å²) in [5, 5.41) is 7.13. The van der Waals surface area contributed by atoms with E-state index in [1.165, 1.54) is 6.21 Å². The van der Waals surface area contributed by atoms with Gasteiger partial charge >= 0.3 is 0 Å². The number of carbonyl (C=O) groups is 2. The lowest BCUT2D eigenvalue weighted by molar-refractivity contribution is -0.124. The van der Waals surface area contributed by atoms with Crippen LogP contribution in [0.4, 0.5) is 5.69 Å². The summed E-state index contributed by atoms with van der Waals surface area (Å²) in [5.41, 5.74) is 3.84. The van der Waals surface area contributed by atoms with Gasteiger partial charge in [0.25, 0.3) is 0 Å². The Balaban J connectivity index is 1.70. The molecule has 2 aromatic carbocycles. The topological polar surface area (TPSA) is 79.8 Å². The van der Waals surface area contributed by atoms with Crippen molar-refractivity contribution < 1.29 is 14.3 Å². The first-order valence-corrected chi connectivity index (χ1v) is 9.40. The molecule has 28 heavy (non-hydrogen) atoms. The minimum absolute atomic E-state index is 0.0335. The van der Waals surface area contributed by atoms with Crippen LogP contribution in [-0.2, 0) is 9.59 Å². The Hall–Kier alpha value is -2.86. The highest BCUT2D eigenvalue weighted by molar-refractivity contribution is 6.30. The van der Waals surface area contributed by atoms with Gasteiger partial charge in [0.05, 0.1) is 12.8 Å². The molecule has 148 valence electrons. The van der Waals surface area contributed by atoms with E-state index >= 15 is 0 Å². The molecule has 0 aromatic heterocycles. The molecule has 6 nitrogen and oxygen atoms in total. The van der Waals surface area contributed by atoms with Gasteiger partial charge in [-0.25, -0.2) is 5.43 Å². The van der Waals surface area contributed by atoms with Gasteiger partial charge in [-0.3, -0.25) is 9.59 Å². The lowest BCUT2D eigenvalue weighted by atomic mass is 10.2. The van der Waals surface area contributed by atoms with E-state index in [9.17, 15) is 9.59 Å². The Morgan fingerprint density at radius 2 is 1.82 bits per heavy atom. The van der Waals surface area contributed by atoms with Crippen molar-refractivity contribution >= 4 is 35.3 Å². The molecule has 2 aromatic rings. The van der Waals surface area contributed by atoms with Crippen LogP contribution >= 0.6 is 11.6 Å². The predicted molar refractivity (Wildman–Crippen MR) is 112 cm³/mol. The molecule has 2 N–H and O–H groups in total. The number of nitrogens with zero attached hydrogens (tertiary/aromatic N) is 1. The molecule has 0 bridgehead atoms. The van der Waals surface area contributed by atoms with Crippen molar-refractivity contribution in [1.82, 2.24) is 5.43 Å². The normalized spacial score (nSPS) is 10.9. The third-order valence-electron chi connectivity index (χ3n) is 3.55. The third kappa shape index (κ3) is 8.22. The second kappa shape index (κ2) is 11.1. The maximum Gasteiger partial charge on any atom is 0.240 e. The average Bonchev–Trinajstić information content (AvgIpc) is 2.66. The molecule has 0 saturated carbocycles. The van der Waals surface area contributed by atoms with Gasteiger partial charge in [-0.2, -0.15) is 5.10 Å². The summed E-state index contributed by atoms with van der Waals surface area (Å²) in [7, 11) is 0. The van der Waals surface area contributed by atoms with Gasteiger partial charge in [0.1, 0.15) is 5.75 Å². The smallest absolute Gasteiger partial charge is 0.240 e. The molecular formula is C21H24ClN3O3. The fraction of sp³-hybridized carbons (Fsp3) is 0.286. The second-order valence-corrected chi connectivity index (χ2v) is 7.06. The van der Waals surface area contributed by atoms with Crippen molar-refractivity contribution in [3.63, 3.8) is 0 Å². The molecule has 0 aliphatic rings. The summed E-state index contributed by atoms with van der Waals surface area (Å²) in [5.74, 6) is 0.650. The van der Waals surface area contributed by atoms with E-state index < -0.39 is 0 Å². The number of hydrazone groups is 1. The van der Waals surface area contributed by atoms with E-state index in [1.54, 1.807) is 24.3 Å². The molecule has 2 amide bonds. The third-order valence-corrected chi connectivity index (χ3v) is 3.79. The molecule has 0 unspecified atom stereocenters. The van der Waals surface area contributed by atoms with Crippen LogP contribution in [-0.4, -0.2) is 24.6 Å². The van der Waals surface area contributed by atoms with Crippen molar-refractivity contribution in [2.24, 2.45) is 11.0 Å². The molecule has 0 heterocycles. The van der Waals surface area contributed by atoms with Gasteiger partial charge in [-0.1, -0.05) is 31.5 Å². The van der Waals surface area contributed by atoms with Gasteiger partial charge in [-0.05, 0) is 53.9 Å². The number of nitrogens with one attached hydrogen (secondary N) is 2. The lowest BCUT2D eigenvalue weighted by Gasteiger charge is -2.08. The first kappa shape index (κ1) is 21.4. The van der Waals surface area contributed by atoms with Gasteiger partial charge in [-0.15, -0.1) is 0 Å². The van der Waals surface area contributed by atoms with Crippen molar-refractivity contribution in [3.8, 4) is 5.75 Å². The zero-order valence-electron chi connectivity index (χ0n) is 15.9. The summed E-state index contributed by atoms with van der Waals surface area (Å²) in [6.45, 7) is 4.84. The molecular weight excluding hydrogens is 378 g/mol. The maximum absolute atomic E-state index is 11.9.